The van der Waals surface area contributed by atoms with Crippen molar-refractivity contribution < 1.29 is 28.9 Å². The van der Waals surface area contributed by atoms with E-state index in [-0.39, 0.29) is 11.3 Å². The molecule has 0 aromatic heterocycles. The number of hydrogen-bond donors (Lipinski definition) is 1. The summed E-state index contributed by atoms with van der Waals surface area (Å²) in [5.74, 6) is -0.395. The summed E-state index contributed by atoms with van der Waals surface area (Å²) in [6, 6.07) is 13.6. The fraction of sp³-hybridized carbons (Fsp3) is 0.429. The molecule has 36 heavy (non-hydrogen) atoms. The van der Waals surface area contributed by atoms with Crippen LogP contribution in [0.5, 0.6) is 11.5 Å². The van der Waals surface area contributed by atoms with Gasteiger partial charge in [0.2, 0.25) is 0 Å². The van der Waals surface area contributed by atoms with Crippen molar-refractivity contribution in [3.05, 3.63) is 65.2 Å². The molecule has 0 bridgehead atoms. The van der Waals surface area contributed by atoms with E-state index in [0.29, 0.717) is 44.1 Å². The summed E-state index contributed by atoms with van der Waals surface area (Å²) >= 11 is 0. The van der Waals surface area contributed by atoms with Crippen LogP contribution in [0.4, 0.5) is 0 Å². The molecule has 1 atom stereocenters. The Morgan fingerprint density at radius 1 is 1.06 bits per heavy atom. The predicted octanol–water partition coefficient (Wildman–Crippen LogP) is 3.63. The molecule has 2 saturated heterocycles. The maximum absolute atomic E-state index is 13.3. The zero-order valence-electron chi connectivity index (χ0n) is 20.9. The molecule has 2 fully saturated rings. The minimum atomic E-state index is -0.708. The number of ether oxygens (including phenoxy) is 3. The number of methoxy groups -OCH3 is 1. The zero-order valence-corrected chi connectivity index (χ0v) is 20.9. The van der Waals surface area contributed by atoms with Gasteiger partial charge >= 0.3 is 0 Å². The van der Waals surface area contributed by atoms with Gasteiger partial charge < -0.3 is 24.2 Å². The van der Waals surface area contributed by atoms with Crippen molar-refractivity contribution in [3.8, 4) is 11.5 Å². The molecule has 192 valence electrons. The van der Waals surface area contributed by atoms with Gasteiger partial charge in [-0.1, -0.05) is 31.2 Å². The van der Waals surface area contributed by atoms with Crippen LogP contribution in [0.2, 0.25) is 0 Å². The number of benzene rings is 2. The number of ketones is 1. The van der Waals surface area contributed by atoms with E-state index < -0.39 is 17.7 Å². The van der Waals surface area contributed by atoms with E-state index in [2.05, 4.69) is 4.90 Å². The van der Waals surface area contributed by atoms with Crippen molar-refractivity contribution in [3.63, 3.8) is 0 Å². The summed E-state index contributed by atoms with van der Waals surface area (Å²) in [6.07, 6.45) is 1.60. The Hall–Kier alpha value is -3.36. The topological polar surface area (TPSA) is 88.5 Å². The molecule has 1 amide bonds. The van der Waals surface area contributed by atoms with Crippen molar-refractivity contribution in [1.29, 1.82) is 0 Å². The molecule has 2 aromatic carbocycles. The summed E-state index contributed by atoms with van der Waals surface area (Å²) in [5.41, 5.74) is 1.18. The largest absolute Gasteiger partial charge is 0.507 e. The van der Waals surface area contributed by atoms with Gasteiger partial charge in [0.15, 0.2) is 0 Å². The van der Waals surface area contributed by atoms with Crippen LogP contribution in [0.1, 0.15) is 36.9 Å². The lowest BCUT2D eigenvalue weighted by Gasteiger charge is -2.29. The molecule has 2 aliphatic rings. The van der Waals surface area contributed by atoms with E-state index in [9.17, 15) is 14.7 Å². The number of amides is 1. The van der Waals surface area contributed by atoms with Crippen LogP contribution in [0.15, 0.2) is 54.1 Å². The Bertz CT molecular complexity index is 1090. The SMILES string of the molecule is CCCOc1ccc(C2/C(=C(\O)c3ccccc3OC)C(=O)C(=O)N2CCCN2CCOCC2)cc1. The second-order valence-corrected chi connectivity index (χ2v) is 8.92. The molecule has 2 heterocycles. The van der Waals surface area contributed by atoms with Crippen LogP contribution < -0.4 is 9.47 Å². The van der Waals surface area contributed by atoms with E-state index in [1.807, 2.05) is 31.2 Å². The van der Waals surface area contributed by atoms with Crippen LogP contribution in [0.3, 0.4) is 0 Å². The molecule has 8 heteroatoms. The lowest BCUT2D eigenvalue weighted by molar-refractivity contribution is -0.140. The maximum Gasteiger partial charge on any atom is 0.295 e. The molecule has 8 nitrogen and oxygen atoms in total. The third-order valence-corrected chi connectivity index (χ3v) is 6.55. The van der Waals surface area contributed by atoms with Crippen LogP contribution in [-0.4, -0.2) is 79.7 Å². The number of likely N-dealkylation sites (tertiary alicyclic amines) is 1. The van der Waals surface area contributed by atoms with E-state index >= 15 is 0 Å². The molecule has 1 unspecified atom stereocenters. The number of aliphatic hydroxyl groups is 1. The third kappa shape index (κ3) is 5.55. The normalized spacial score (nSPS) is 20.1. The van der Waals surface area contributed by atoms with Gasteiger partial charge in [-0.2, -0.15) is 0 Å². The summed E-state index contributed by atoms with van der Waals surface area (Å²) in [5, 5.41) is 11.3. The molecular formula is C28H34N2O6. The molecule has 4 rings (SSSR count). The van der Waals surface area contributed by atoms with Crippen LogP contribution in [0, 0.1) is 0 Å². The van der Waals surface area contributed by atoms with Gasteiger partial charge in [0.05, 0.1) is 44.1 Å². The summed E-state index contributed by atoms with van der Waals surface area (Å²) < 4.78 is 16.5. The standard InChI is InChI=1S/C28H34N2O6/c1-3-17-36-21-11-9-20(10-12-21)25-24(26(31)22-7-4-5-8-23(22)34-2)27(32)28(33)30(25)14-6-13-29-15-18-35-19-16-29/h4-5,7-12,25,31H,3,6,13-19H2,1-2H3/b26-24+. The van der Waals surface area contributed by atoms with Gasteiger partial charge in [0, 0.05) is 26.2 Å². The third-order valence-electron chi connectivity index (χ3n) is 6.55. The number of para-hydroxylation sites is 1. The highest BCUT2D eigenvalue weighted by atomic mass is 16.5. The number of carbonyl (C=O) groups excluding carboxylic acids is 2. The van der Waals surface area contributed by atoms with Crippen LogP contribution in [-0.2, 0) is 14.3 Å². The first-order valence-electron chi connectivity index (χ1n) is 12.5. The highest BCUT2D eigenvalue weighted by Crippen LogP contribution is 2.41. The van der Waals surface area contributed by atoms with E-state index in [1.54, 1.807) is 29.2 Å². The Kier molecular flexibility index (Phi) is 8.61. The second kappa shape index (κ2) is 12.1. The van der Waals surface area contributed by atoms with Gasteiger partial charge in [-0.05, 0) is 42.7 Å². The second-order valence-electron chi connectivity index (χ2n) is 8.92. The minimum absolute atomic E-state index is 0.0677. The minimum Gasteiger partial charge on any atom is -0.507 e. The van der Waals surface area contributed by atoms with Gasteiger partial charge in [-0.3, -0.25) is 14.5 Å². The first-order chi connectivity index (χ1) is 17.5. The molecule has 0 spiro atoms. The fourth-order valence-electron chi connectivity index (χ4n) is 4.70. The van der Waals surface area contributed by atoms with Gasteiger partial charge in [0.1, 0.15) is 17.3 Å². The Morgan fingerprint density at radius 3 is 2.47 bits per heavy atom. The Morgan fingerprint density at radius 2 is 1.78 bits per heavy atom. The summed E-state index contributed by atoms with van der Waals surface area (Å²) in [7, 11) is 1.50. The predicted molar refractivity (Wildman–Crippen MR) is 136 cm³/mol. The maximum atomic E-state index is 13.3. The van der Waals surface area contributed by atoms with Crippen molar-refractivity contribution in [2.45, 2.75) is 25.8 Å². The highest BCUT2D eigenvalue weighted by molar-refractivity contribution is 6.46. The zero-order chi connectivity index (χ0) is 25.5. The van der Waals surface area contributed by atoms with Crippen molar-refractivity contribution in [2.75, 3.05) is 53.1 Å². The number of carbonyl (C=O) groups is 2. The number of aliphatic hydroxyl groups excluding tert-OH is 1. The fourth-order valence-corrected chi connectivity index (χ4v) is 4.70. The number of Topliss-reactive ketones (excluding diaryl/α,β-unsaturated/α-hetero) is 1. The molecule has 0 saturated carbocycles. The van der Waals surface area contributed by atoms with E-state index in [1.165, 1.54) is 7.11 Å². The van der Waals surface area contributed by atoms with Crippen LogP contribution in [0.25, 0.3) is 5.76 Å². The lowest BCUT2D eigenvalue weighted by Crippen LogP contribution is -2.38. The van der Waals surface area contributed by atoms with Crippen LogP contribution >= 0.6 is 0 Å². The first-order valence-corrected chi connectivity index (χ1v) is 12.5. The molecule has 0 aliphatic carbocycles. The number of rotatable bonds is 10. The molecule has 2 aromatic rings. The highest BCUT2D eigenvalue weighted by Gasteiger charge is 2.46. The van der Waals surface area contributed by atoms with Crippen molar-refractivity contribution >= 4 is 17.4 Å². The molecule has 0 radical (unpaired) electrons. The van der Waals surface area contributed by atoms with E-state index in [4.69, 9.17) is 14.2 Å². The lowest BCUT2D eigenvalue weighted by atomic mass is 9.95. The van der Waals surface area contributed by atoms with Crippen molar-refractivity contribution in [1.82, 2.24) is 9.80 Å². The number of hydrogen-bond acceptors (Lipinski definition) is 7. The number of morpholine rings is 1. The van der Waals surface area contributed by atoms with Gasteiger partial charge in [0.25, 0.3) is 11.7 Å². The smallest absolute Gasteiger partial charge is 0.295 e. The Balaban J connectivity index is 1.68. The molecular weight excluding hydrogens is 460 g/mol. The van der Waals surface area contributed by atoms with Gasteiger partial charge in [-0.25, -0.2) is 0 Å². The molecule has 1 N–H and O–H groups in total. The van der Waals surface area contributed by atoms with Crippen molar-refractivity contribution in [2.24, 2.45) is 0 Å². The van der Waals surface area contributed by atoms with E-state index in [0.717, 1.165) is 37.4 Å². The average Bonchev–Trinajstić information content (AvgIpc) is 3.17. The summed E-state index contributed by atoms with van der Waals surface area (Å²) in [4.78, 5) is 30.4. The van der Waals surface area contributed by atoms with Gasteiger partial charge in [-0.15, -0.1) is 0 Å². The Labute approximate surface area is 212 Å². The average molecular weight is 495 g/mol. The monoisotopic (exact) mass is 494 g/mol. The quantitative estimate of drug-likeness (QED) is 0.307. The first kappa shape index (κ1) is 25.7. The summed E-state index contributed by atoms with van der Waals surface area (Å²) in [6.45, 7) is 6.96. The molecule has 2 aliphatic heterocycles. The number of nitrogens with zero attached hydrogens (tertiary/aromatic N) is 2.